The minimum absolute atomic E-state index is 0.322. The largest absolute Gasteiger partial charge is 0.387 e. The molecule has 0 unspecified atom stereocenters. The summed E-state index contributed by atoms with van der Waals surface area (Å²) in [7, 11) is 1.89. The van der Waals surface area contributed by atoms with Gasteiger partial charge in [0.25, 0.3) is 0 Å². The van der Waals surface area contributed by atoms with Crippen LogP contribution in [-0.2, 0) is 0 Å². The van der Waals surface area contributed by atoms with Crippen LogP contribution in [0.25, 0.3) is 27.5 Å². The van der Waals surface area contributed by atoms with Crippen LogP contribution in [0.15, 0.2) is 36.7 Å². The lowest BCUT2D eigenvalue weighted by atomic mass is 9.87. The standard InChI is InChI=1S/C22H22N8S/c1-25-18-9-19(20-7-6-16-8-13(10-23)11-27-30(16)20)26-12-17(18)22-29-28-21(31-22)14-2-4-15(24)5-3-14/h6-9,11-12,14-15H,2-5,24H2,1H3,(H,25,26)/t14-,15+. The van der Waals surface area contributed by atoms with E-state index in [9.17, 15) is 0 Å². The number of nitrogens with zero attached hydrogens (tertiary/aromatic N) is 6. The number of anilines is 1. The predicted molar refractivity (Wildman–Crippen MR) is 121 cm³/mol. The van der Waals surface area contributed by atoms with Crippen molar-refractivity contribution in [2.45, 2.75) is 37.6 Å². The predicted octanol–water partition coefficient (Wildman–Crippen LogP) is 3.81. The van der Waals surface area contributed by atoms with Gasteiger partial charge in [-0.1, -0.05) is 11.3 Å². The Balaban J connectivity index is 1.47. The van der Waals surface area contributed by atoms with E-state index in [4.69, 9.17) is 11.0 Å². The lowest BCUT2D eigenvalue weighted by Gasteiger charge is -2.23. The van der Waals surface area contributed by atoms with Gasteiger partial charge in [0.1, 0.15) is 11.1 Å². The van der Waals surface area contributed by atoms with E-state index in [1.54, 1.807) is 22.0 Å². The van der Waals surface area contributed by atoms with Gasteiger partial charge >= 0.3 is 0 Å². The fourth-order valence-corrected chi connectivity index (χ4v) is 5.14. The zero-order chi connectivity index (χ0) is 21.4. The molecule has 0 saturated heterocycles. The Morgan fingerprint density at radius 1 is 1.16 bits per heavy atom. The van der Waals surface area contributed by atoms with Crippen LogP contribution in [-0.4, -0.2) is 37.9 Å². The molecule has 1 aliphatic carbocycles. The van der Waals surface area contributed by atoms with Crippen LogP contribution in [0.4, 0.5) is 5.69 Å². The van der Waals surface area contributed by atoms with Crippen molar-refractivity contribution >= 4 is 22.5 Å². The van der Waals surface area contributed by atoms with Crippen LogP contribution >= 0.6 is 11.3 Å². The van der Waals surface area contributed by atoms with Gasteiger partial charge in [0.2, 0.25) is 0 Å². The summed E-state index contributed by atoms with van der Waals surface area (Å²) in [5.74, 6) is 0.452. The molecule has 5 rings (SSSR count). The number of aromatic nitrogens is 5. The fourth-order valence-electron chi connectivity index (χ4n) is 4.10. The Hall–Kier alpha value is -3.35. The molecule has 9 heteroatoms. The zero-order valence-corrected chi connectivity index (χ0v) is 17.9. The van der Waals surface area contributed by atoms with E-state index in [0.717, 1.165) is 63.9 Å². The molecular weight excluding hydrogens is 408 g/mol. The number of rotatable bonds is 4. The molecule has 0 spiro atoms. The highest BCUT2D eigenvalue weighted by Crippen LogP contribution is 2.38. The molecular formula is C22H22N8S. The summed E-state index contributed by atoms with van der Waals surface area (Å²) in [5.41, 5.74) is 10.9. The van der Waals surface area contributed by atoms with E-state index in [0.29, 0.717) is 17.5 Å². The van der Waals surface area contributed by atoms with Crippen LogP contribution in [0, 0.1) is 11.3 Å². The van der Waals surface area contributed by atoms with Gasteiger partial charge in [0.15, 0.2) is 5.01 Å². The van der Waals surface area contributed by atoms with Crippen LogP contribution in [0.2, 0.25) is 0 Å². The summed E-state index contributed by atoms with van der Waals surface area (Å²) in [6.45, 7) is 0. The maximum Gasteiger partial charge on any atom is 0.151 e. The molecule has 156 valence electrons. The SMILES string of the molecule is CNc1cc(-c2ccc3cc(C#N)cnn23)ncc1-c1nnc([C@H]2CC[C@@H](N)CC2)s1. The van der Waals surface area contributed by atoms with E-state index < -0.39 is 0 Å². The zero-order valence-electron chi connectivity index (χ0n) is 17.1. The average Bonchev–Trinajstić information content (AvgIpc) is 3.46. The molecule has 31 heavy (non-hydrogen) atoms. The molecule has 3 N–H and O–H groups in total. The van der Waals surface area contributed by atoms with Crippen LogP contribution in [0.3, 0.4) is 0 Å². The second kappa shape index (κ2) is 8.06. The highest BCUT2D eigenvalue weighted by Gasteiger charge is 2.24. The number of pyridine rings is 1. The minimum Gasteiger partial charge on any atom is -0.387 e. The van der Waals surface area contributed by atoms with Crippen LogP contribution < -0.4 is 11.1 Å². The molecule has 0 aromatic carbocycles. The maximum absolute atomic E-state index is 9.09. The number of nitrogens with one attached hydrogen (secondary N) is 1. The van der Waals surface area contributed by atoms with Crippen molar-refractivity contribution in [2.75, 3.05) is 12.4 Å². The number of hydrogen-bond acceptors (Lipinski definition) is 8. The number of fused-ring (bicyclic) bond motifs is 1. The van der Waals surface area contributed by atoms with Gasteiger partial charge < -0.3 is 11.1 Å². The molecule has 4 aromatic heterocycles. The third-order valence-corrected chi connectivity index (χ3v) is 6.98. The summed E-state index contributed by atoms with van der Waals surface area (Å²) in [6.07, 6.45) is 7.65. The van der Waals surface area contributed by atoms with Crippen molar-refractivity contribution in [3.63, 3.8) is 0 Å². The molecule has 4 aromatic rings. The molecule has 0 radical (unpaired) electrons. The quantitative estimate of drug-likeness (QED) is 0.505. The highest BCUT2D eigenvalue weighted by molar-refractivity contribution is 7.14. The second-order valence-electron chi connectivity index (χ2n) is 7.83. The van der Waals surface area contributed by atoms with Crippen LogP contribution in [0.5, 0.6) is 0 Å². The third kappa shape index (κ3) is 3.65. The molecule has 0 aliphatic heterocycles. The minimum atomic E-state index is 0.322. The first-order chi connectivity index (χ1) is 15.2. The number of hydrogen-bond donors (Lipinski definition) is 2. The van der Waals surface area contributed by atoms with Gasteiger partial charge in [0, 0.05) is 30.9 Å². The molecule has 0 amide bonds. The first-order valence-electron chi connectivity index (χ1n) is 10.3. The molecule has 0 atom stereocenters. The fraction of sp³-hybridized carbons (Fsp3) is 0.318. The van der Waals surface area contributed by atoms with E-state index in [2.05, 4.69) is 31.7 Å². The molecule has 4 heterocycles. The molecule has 1 aliphatic rings. The average molecular weight is 431 g/mol. The Bertz CT molecular complexity index is 1280. The summed E-state index contributed by atoms with van der Waals surface area (Å²) >= 11 is 1.64. The first-order valence-corrected chi connectivity index (χ1v) is 11.1. The molecule has 1 fully saturated rings. The smallest absolute Gasteiger partial charge is 0.151 e. The molecule has 0 bridgehead atoms. The Morgan fingerprint density at radius 3 is 2.77 bits per heavy atom. The van der Waals surface area contributed by atoms with Crippen molar-refractivity contribution in [2.24, 2.45) is 5.73 Å². The van der Waals surface area contributed by atoms with E-state index in [1.165, 1.54) is 0 Å². The van der Waals surface area contributed by atoms with E-state index >= 15 is 0 Å². The van der Waals surface area contributed by atoms with Crippen molar-refractivity contribution in [3.8, 4) is 28.0 Å². The van der Waals surface area contributed by atoms with Crippen molar-refractivity contribution < 1.29 is 0 Å². The second-order valence-corrected chi connectivity index (χ2v) is 8.84. The number of nitrogens with two attached hydrogens (primary N) is 1. The van der Waals surface area contributed by atoms with E-state index in [-0.39, 0.29) is 0 Å². The topological polar surface area (TPSA) is 118 Å². The van der Waals surface area contributed by atoms with Gasteiger partial charge in [-0.25, -0.2) is 4.52 Å². The number of nitriles is 1. The Kier molecular flexibility index (Phi) is 5.10. The summed E-state index contributed by atoms with van der Waals surface area (Å²) < 4.78 is 1.79. The van der Waals surface area contributed by atoms with Crippen molar-refractivity contribution in [1.82, 2.24) is 24.8 Å². The maximum atomic E-state index is 9.09. The van der Waals surface area contributed by atoms with Gasteiger partial charge in [-0.2, -0.15) is 10.4 Å². The Labute approximate surface area is 183 Å². The first kappa shape index (κ1) is 19.6. The molecule has 1 saturated carbocycles. The summed E-state index contributed by atoms with van der Waals surface area (Å²) in [4.78, 5) is 4.69. The van der Waals surface area contributed by atoms with Gasteiger partial charge in [-0.3, -0.25) is 4.98 Å². The van der Waals surface area contributed by atoms with Crippen LogP contribution in [0.1, 0.15) is 42.2 Å². The Morgan fingerprint density at radius 2 is 2.00 bits per heavy atom. The van der Waals surface area contributed by atoms with E-state index in [1.807, 2.05) is 37.5 Å². The van der Waals surface area contributed by atoms with Gasteiger partial charge in [-0.15, -0.1) is 10.2 Å². The lowest BCUT2D eigenvalue weighted by molar-refractivity contribution is 0.393. The van der Waals surface area contributed by atoms with Gasteiger partial charge in [0.05, 0.1) is 34.2 Å². The van der Waals surface area contributed by atoms with Crippen molar-refractivity contribution in [1.29, 1.82) is 5.26 Å². The monoisotopic (exact) mass is 430 g/mol. The summed E-state index contributed by atoms with van der Waals surface area (Å²) in [5, 5.41) is 27.6. The highest BCUT2D eigenvalue weighted by atomic mass is 32.1. The molecule has 8 nitrogen and oxygen atoms in total. The third-order valence-electron chi connectivity index (χ3n) is 5.86. The van der Waals surface area contributed by atoms with Crippen molar-refractivity contribution in [3.05, 3.63) is 47.2 Å². The normalized spacial score (nSPS) is 18.7. The summed E-state index contributed by atoms with van der Waals surface area (Å²) in [6, 6.07) is 10.1. The lowest BCUT2D eigenvalue weighted by Crippen LogP contribution is -2.25. The van der Waals surface area contributed by atoms with Gasteiger partial charge in [-0.05, 0) is 49.9 Å².